The number of thioether (sulfide) groups is 3. The molecule has 0 aromatic carbocycles. The van der Waals surface area contributed by atoms with Crippen LogP contribution in [0.1, 0.15) is 0 Å². The lowest BCUT2D eigenvalue weighted by molar-refractivity contribution is -0.162. The van der Waals surface area contributed by atoms with Gasteiger partial charge in [-0.2, -0.15) is 35.3 Å². The zero-order valence-electron chi connectivity index (χ0n) is 14.5. The van der Waals surface area contributed by atoms with Gasteiger partial charge in [0.15, 0.2) is 0 Å². The Morgan fingerprint density at radius 1 is 0.583 bits per heavy atom. The summed E-state index contributed by atoms with van der Waals surface area (Å²) in [5, 5.41) is 5.50. The molecular formula is C16H30N4OS3. The van der Waals surface area contributed by atoms with Crippen LogP contribution in [0.15, 0.2) is 0 Å². The second-order valence-corrected chi connectivity index (χ2v) is 10.3. The van der Waals surface area contributed by atoms with Gasteiger partial charge in [-0.15, -0.1) is 0 Å². The highest BCUT2D eigenvalue weighted by atomic mass is 32.2. The summed E-state index contributed by atoms with van der Waals surface area (Å²) in [6, 6.07) is 0. The summed E-state index contributed by atoms with van der Waals surface area (Å²) >= 11 is 6.39. The molecule has 4 heterocycles. The molecule has 4 rings (SSSR count). The third-order valence-electron chi connectivity index (χ3n) is 5.42. The van der Waals surface area contributed by atoms with Crippen LogP contribution < -0.4 is 0 Å². The van der Waals surface area contributed by atoms with E-state index < -0.39 is 0 Å². The van der Waals surface area contributed by atoms with Gasteiger partial charge in [0.2, 0.25) is 0 Å². The van der Waals surface area contributed by atoms with Crippen molar-refractivity contribution in [1.82, 2.24) is 19.8 Å². The fourth-order valence-electron chi connectivity index (χ4n) is 4.10. The lowest BCUT2D eigenvalue weighted by Gasteiger charge is -2.53. The number of nitrogens with zero attached hydrogens (tertiary/aromatic N) is 4. The number of hydrazine groups is 1. The summed E-state index contributed by atoms with van der Waals surface area (Å²) < 4.78 is 5.59. The van der Waals surface area contributed by atoms with Gasteiger partial charge < -0.3 is 4.74 Å². The van der Waals surface area contributed by atoms with E-state index in [1.807, 2.05) is 0 Å². The van der Waals surface area contributed by atoms with Crippen molar-refractivity contribution in [2.24, 2.45) is 0 Å². The van der Waals surface area contributed by atoms with E-state index >= 15 is 0 Å². The second-order valence-electron chi connectivity index (χ2n) is 6.73. The Morgan fingerprint density at radius 2 is 1.08 bits per heavy atom. The normalized spacial score (nSPS) is 36.0. The van der Waals surface area contributed by atoms with E-state index in [0.29, 0.717) is 12.3 Å². The van der Waals surface area contributed by atoms with Crippen molar-refractivity contribution in [1.29, 1.82) is 0 Å². The number of rotatable bonds is 3. The summed E-state index contributed by atoms with van der Waals surface area (Å²) in [5.74, 6) is 7.66. The Balaban J connectivity index is 1.48. The minimum absolute atomic E-state index is 0.567. The second kappa shape index (κ2) is 9.17. The highest BCUT2D eigenvalue weighted by Crippen LogP contribution is 2.29. The van der Waals surface area contributed by atoms with Gasteiger partial charge in [0, 0.05) is 73.8 Å². The molecule has 0 saturated carbocycles. The monoisotopic (exact) mass is 390 g/mol. The molecule has 0 amide bonds. The van der Waals surface area contributed by atoms with Gasteiger partial charge >= 0.3 is 0 Å². The first-order valence-electron chi connectivity index (χ1n) is 9.26. The molecule has 0 aliphatic carbocycles. The summed E-state index contributed by atoms with van der Waals surface area (Å²) in [7, 11) is 0. The molecule has 4 fully saturated rings. The standard InChI is InChI=1S/C16H30N4OS3/c1-7-21-8-2-17(1)15-13-23-11-5-19(15)20-6-12-24-14-16(20)18-3-9-22-10-4-18/h15-16H,1-14H2. The Morgan fingerprint density at radius 3 is 1.67 bits per heavy atom. The van der Waals surface area contributed by atoms with Crippen molar-refractivity contribution < 1.29 is 4.74 Å². The molecule has 0 aromatic heterocycles. The molecule has 0 N–H and O–H groups in total. The molecule has 4 saturated heterocycles. The SMILES string of the molecule is C1CN(C2CSCCN2N2CCSCC2N2CCSCC2)CCO1. The number of hydrogen-bond acceptors (Lipinski definition) is 8. The fourth-order valence-corrected chi connectivity index (χ4v) is 7.19. The van der Waals surface area contributed by atoms with Crippen molar-refractivity contribution in [2.45, 2.75) is 12.3 Å². The molecule has 0 spiro atoms. The molecule has 138 valence electrons. The topological polar surface area (TPSA) is 22.2 Å². The molecule has 0 bridgehead atoms. The van der Waals surface area contributed by atoms with Crippen molar-refractivity contribution in [3.8, 4) is 0 Å². The first-order valence-corrected chi connectivity index (χ1v) is 12.7. The van der Waals surface area contributed by atoms with Crippen molar-refractivity contribution in [2.75, 3.05) is 87.0 Å². The number of ether oxygens (including phenoxy) is 1. The first-order chi connectivity index (χ1) is 11.9. The third kappa shape index (κ3) is 4.22. The Kier molecular flexibility index (Phi) is 6.96. The zero-order chi connectivity index (χ0) is 16.2. The van der Waals surface area contributed by atoms with Gasteiger partial charge in [-0.25, -0.2) is 10.0 Å². The maximum absolute atomic E-state index is 5.59. The molecule has 4 aliphatic rings. The molecule has 2 unspecified atom stereocenters. The summed E-state index contributed by atoms with van der Waals surface area (Å²) in [5.41, 5.74) is 0. The van der Waals surface area contributed by atoms with Crippen molar-refractivity contribution >= 4 is 35.3 Å². The summed E-state index contributed by atoms with van der Waals surface area (Å²) in [6.07, 6.45) is 1.17. The van der Waals surface area contributed by atoms with Crippen LogP contribution in [-0.2, 0) is 4.74 Å². The maximum Gasteiger partial charge on any atom is 0.0854 e. The summed E-state index contributed by atoms with van der Waals surface area (Å²) in [6.45, 7) is 8.93. The predicted octanol–water partition coefficient (Wildman–Crippen LogP) is 1.03. The average Bonchev–Trinajstić information content (AvgIpc) is 2.69. The van der Waals surface area contributed by atoms with Gasteiger partial charge in [0.25, 0.3) is 0 Å². The van der Waals surface area contributed by atoms with E-state index in [0.717, 1.165) is 26.3 Å². The Bertz CT molecular complexity index is 358. The van der Waals surface area contributed by atoms with Crippen LogP contribution in [0.3, 0.4) is 0 Å². The van der Waals surface area contributed by atoms with Gasteiger partial charge in [0.05, 0.1) is 25.5 Å². The van der Waals surface area contributed by atoms with E-state index in [4.69, 9.17) is 4.74 Å². The molecule has 5 nitrogen and oxygen atoms in total. The maximum atomic E-state index is 5.59. The van der Waals surface area contributed by atoms with Gasteiger partial charge in [-0.05, 0) is 0 Å². The van der Waals surface area contributed by atoms with Crippen LogP contribution in [0.4, 0.5) is 0 Å². The van der Waals surface area contributed by atoms with E-state index in [-0.39, 0.29) is 0 Å². The number of morpholine rings is 1. The smallest absolute Gasteiger partial charge is 0.0854 e. The van der Waals surface area contributed by atoms with Gasteiger partial charge in [0.1, 0.15) is 0 Å². The molecule has 24 heavy (non-hydrogen) atoms. The van der Waals surface area contributed by atoms with Crippen LogP contribution >= 0.6 is 35.3 Å². The lowest BCUT2D eigenvalue weighted by Crippen LogP contribution is -2.68. The lowest BCUT2D eigenvalue weighted by atomic mass is 10.3. The fraction of sp³-hybridized carbons (Fsp3) is 1.00. The van der Waals surface area contributed by atoms with Crippen LogP contribution in [0.5, 0.6) is 0 Å². The van der Waals surface area contributed by atoms with Gasteiger partial charge in [-0.1, -0.05) is 0 Å². The summed E-state index contributed by atoms with van der Waals surface area (Å²) in [4.78, 5) is 5.42. The van der Waals surface area contributed by atoms with E-state index in [1.165, 1.54) is 60.7 Å². The quantitative estimate of drug-likeness (QED) is 0.704. The van der Waals surface area contributed by atoms with E-state index in [9.17, 15) is 0 Å². The van der Waals surface area contributed by atoms with Crippen LogP contribution in [0.25, 0.3) is 0 Å². The minimum atomic E-state index is 0.567. The van der Waals surface area contributed by atoms with Crippen LogP contribution in [0.2, 0.25) is 0 Å². The Labute approximate surface area is 159 Å². The van der Waals surface area contributed by atoms with Crippen LogP contribution in [-0.4, -0.2) is 119 Å². The van der Waals surface area contributed by atoms with Crippen molar-refractivity contribution in [3.05, 3.63) is 0 Å². The molecule has 2 atom stereocenters. The largest absolute Gasteiger partial charge is 0.379 e. The average molecular weight is 391 g/mol. The minimum Gasteiger partial charge on any atom is -0.379 e. The zero-order valence-corrected chi connectivity index (χ0v) is 16.9. The molecule has 0 aromatic rings. The predicted molar refractivity (Wildman–Crippen MR) is 107 cm³/mol. The third-order valence-corrected chi connectivity index (χ3v) is 8.37. The molecule has 0 radical (unpaired) electrons. The Hall–Kier alpha value is 0.850. The highest BCUT2D eigenvalue weighted by molar-refractivity contribution is 7.99. The van der Waals surface area contributed by atoms with Gasteiger partial charge in [-0.3, -0.25) is 9.80 Å². The number of hydrogen-bond donors (Lipinski definition) is 0. The van der Waals surface area contributed by atoms with Crippen molar-refractivity contribution in [3.63, 3.8) is 0 Å². The van der Waals surface area contributed by atoms with E-state index in [2.05, 4.69) is 55.1 Å². The van der Waals surface area contributed by atoms with Crippen LogP contribution in [0, 0.1) is 0 Å². The van der Waals surface area contributed by atoms with E-state index in [1.54, 1.807) is 0 Å². The first kappa shape index (κ1) is 18.2. The highest BCUT2D eigenvalue weighted by Gasteiger charge is 2.39. The molecule has 4 aliphatic heterocycles. The molecular weight excluding hydrogens is 360 g/mol. The molecule has 8 heteroatoms.